The number of hydrogen-bond acceptors (Lipinski definition) is 4. The number of hydrogen-bond donors (Lipinski definition) is 1. The van der Waals surface area contributed by atoms with Gasteiger partial charge in [-0.25, -0.2) is 0 Å². The summed E-state index contributed by atoms with van der Waals surface area (Å²) >= 11 is 0. The quantitative estimate of drug-likeness (QED) is 0.737. The first-order valence-corrected chi connectivity index (χ1v) is 8.94. The van der Waals surface area contributed by atoms with Gasteiger partial charge in [-0.05, 0) is 49.2 Å². The third-order valence-electron chi connectivity index (χ3n) is 4.05. The first kappa shape index (κ1) is 20.3. The van der Waals surface area contributed by atoms with Gasteiger partial charge in [0.2, 0.25) is 11.8 Å². The molecule has 0 aliphatic rings. The zero-order valence-electron chi connectivity index (χ0n) is 16.0. The summed E-state index contributed by atoms with van der Waals surface area (Å²) in [7, 11) is 1.62. The maximum atomic E-state index is 12.3. The molecular weight excluding hydrogens is 344 g/mol. The van der Waals surface area contributed by atoms with E-state index in [-0.39, 0.29) is 18.4 Å². The van der Waals surface area contributed by atoms with Crippen molar-refractivity contribution >= 4 is 17.5 Å². The Labute approximate surface area is 160 Å². The highest BCUT2D eigenvalue weighted by Crippen LogP contribution is 2.20. The summed E-state index contributed by atoms with van der Waals surface area (Å²) in [5.41, 5.74) is 1.68. The van der Waals surface area contributed by atoms with Crippen molar-refractivity contribution in [1.82, 2.24) is 5.32 Å². The van der Waals surface area contributed by atoms with Gasteiger partial charge < -0.3 is 19.7 Å². The van der Waals surface area contributed by atoms with Crippen LogP contribution in [0.2, 0.25) is 0 Å². The number of nitrogens with zero attached hydrogens (tertiary/aromatic N) is 1. The van der Waals surface area contributed by atoms with Crippen LogP contribution in [0.15, 0.2) is 48.5 Å². The normalized spacial score (nSPS) is 10.2. The van der Waals surface area contributed by atoms with Crippen LogP contribution in [-0.2, 0) is 16.0 Å². The number of benzene rings is 2. The summed E-state index contributed by atoms with van der Waals surface area (Å²) in [5, 5.41) is 2.86. The zero-order chi connectivity index (χ0) is 19.6. The number of nitrogens with one attached hydrogen (secondary N) is 1. The van der Waals surface area contributed by atoms with Crippen LogP contribution in [0.1, 0.15) is 19.4 Å². The Hall–Kier alpha value is -3.02. The van der Waals surface area contributed by atoms with Gasteiger partial charge >= 0.3 is 0 Å². The molecule has 0 saturated heterocycles. The summed E-state index contributed by atoms with van der Waals surface area (Å²) in [6.45, 7) is 4.36. The average Bonchev–Trinajstić information content (AvgIpc) is 2.67. The minimum absolute atomic E-state index is 0.0325. The maximum absolute atomic E-state index is 12.3. The molecule has 0 bridgehead atoms. The number of para-hydroxylation sites is 1. The number of ether oxygens (including phenoxy) is 2. The van der Waals surface area contributed by atoms with Crippen LogP contribution in [0.3, 0.4) is 0 Å². The lowest BCUT2D eigenvalue weighted by molar-refractivity contribution is -0.123. The minimum Gasteiger partial charge on any atom is -0.496 e. The fourth-order valence-corrected chi connectivity index (χ4v) is 2.72. The van der Waals surface area contributed by atoms with E-state index in [1.807, 2.05) is 31.2 Å². The molecule has 0 aromatic heterocycles. The van der Waals surface area contributed by atoms with Gasteiger partial charge in [0, 0.05) is 19.2 Å². The molecule has 0 heterocycles. The van der Waals surface area contributed by atoms with Gasteiger partial charge in [0.25, 0.3) is 0 Å². The lowest BCUT2D eigenvalue weighted by Crippen LogP contribution is -2.40. The zero-order valence-corrected chi connectivity index (χ0v) is 16.0. The standard InChI is InChI=1S/C21H26N2O4/c1-4-27-19-11-9-18(10-12-19)23(16(2)24)15-21(25)22-14-13-17-7-5-6-8-20(17)26-3/h5-12H,4,13-15H2,1-3H3,(H,22,25). The van der Waals surface area contributed by atoms with Crippen molar-refractivity contribution in [1.29, 1.82) is 0 Å². The molecule has 0 aliphatic carbocycles. The van der Waals surface area contributed by atoms with Crippen LogP contribution in [0.25, 0.3) is 0 Å². The Morgan fingerprint density at radius 1 is 1.07 bits per heavy atom. The monoisotopic (exact) mass is 370 g/mol. The fraction of sp³-hybridized carbons (Fsp3) is 0.333. The van der Waals surface area contributed by atoms with Crippen molar-refractivity contribution in [2.75, 3.05) is 31.7 Å². The van der Waals surface area contributed by atoms with E-state index in [0.717, 1.165) is 17.1 Å². The smallest absolute Gasteiger partial charge is 0.240 e. The summed E-state index contributed by atoms with van der Waals surface area (Å²) < 4.78 is 10.7. The molecule has 6 nitrogen and oxygen atoms in total. The molecule has 2 aromatic rings. The summed E-state index contributed by atoms with van der Waals surface area (Å²) in [6.07, 6.45) is 0.652. The lowest BCUT2D eigenvalue weighted by Gasteiger charge is -2.21. The van der Waals surface area contributed by atoms with E-state index in [1.165, 1.54) is 11.8 Å². The Bertz CT molecular complexity index is 759. The summed E-state index contributed by atoms with van der Waals surface area (Å²) in [5.74, 6) is 1.12. The van der Waals surface area contributed by atoms with Gasteiger partial charge in [0.05, 0.1) is 13.7 Å². The Kier molecular flexibility index (Phi) is 7.67. The molecule has 2 amide bonds. The molecule has 144 valence electrons. The average molecular weight is 370 g/mol. The molecule has 0 atom stereocenters. The molecule has 2 rings (SSSR count). The number of methoxy groups -OCH3 is 1. The van der Waals surface area contributed by atoms with Gasteiger partial charge in [-0.1, -0.05) is 18.2 Å². The Morgan fingerprint density at radius 2 is 1.78 bits per heavy atom. The predicted octanol–water partition coefficient (Wildman–Crippen LogP) is 2.81. The van der Waals surface area contributed by atoms with E-state index in [9.17, 15) is 9.59 Å². The number of rotatable bonds is 9. The van der Waals surface area contributed by atoms with Gasteiger partial charge in [0.1, 0.15) is 18.0 Å². The second-order valence-corrected chi connectivity index (χ2v) is 5.94. The summed E-state index contributed by atoms with van der Waals surface area (Å²) in [6, 6.07) is 14.8. The number of anilines is 1. The van der Waals surface area contributed by atoms with E-state index >= 15 is 0 Å². The van der Waals surface area contributed by atoms with Crippen molar-refractivity contribution in [3.8, 4) is 11.5 Å². The number of carbonyl (C=O) groups excluding carboxylic acids is 2. The van der Waals surface area contributed by atoms with Crippen molar-refractivity contribution in [2.24, 2.45) is 0 Å². The van der Waals surface area contributed by atoms with Crippen molar-refractivity contribution in [3.05, 3.63) is 54.1 Å². The highest BCUT2D eigenvalue weighted by molar-refractivity contribution is 5.97. The SMILES string of the molecule is CCOc1ccc(N(CC(=O)NCCc2ccccc2OC)C(C)=O)cc1. The molecular formula is C21H26N2O4. The Morgan fingerprint density at radius 3 is 2.41 bits per heavy atom. The minimum atomic E-state index is -0.214. The molecule has 0 radical (unpaired) electrons. The topological polar surface area (TPSA) is 67.9 Å². The number of amides is 2. The van der Waals surface area contributed by atoms with Crippen LogP contribution >= 0.6 is 0 Å². The van der Waals surface area contributed by atoms with Crippen LogP contribution in [0, 0.1) is 0 Å². The van der Waals surface area contributed by atoms with E-state index in [1.54, 1.807) is 31.4 Å². The molecule has 1 N–H and O–H groups in total. The van der Waals surface area contributed by atoms with Crippen LogP contribution in [-0.4, -0.2) is 38.6 Å². The maximum Gasteiger partial charge on any atom is 0.240 e. The predicted molar refractivity (Wildman–Crippen MR) is 105 cm³/mol. The van der Waals surface area contributed by atoms with E-state index in [2.05, 4.69) is 5.32 Å². The van der Waals surface area contributed by atoms with Crippen molar-refractivity contribution < 1.29 is 19.1 Å². The third-order valence-corrected chi connectivity index (χ3v) is 4.05. The molecule has 27 heavy (non-hydrogen) atoms. The van der Waals surface area contributed by atoms with Crippen LogP contribution < -0.4 is 19.7 Å². The molecule has 0 aliphatic heterocycles. The van der Waals surface area contributed by atoms with Gasteiger partial charge in [-0.2, -0.15) is 0 Å². The molecule has 0 spiro atoms. The molecule has 2 aromatic carbocycles. The fourth-order valence-electron chi connectivity index (χ4n) is 2.72. The van der Waals surface area contributed by atoms with E-state index in [4.69, 9.17) is 9.47 Å². The second-order valence-electron chi connectivity index (χ2n) is 5.94. The van der Waals surface area contributed by atoms with Crippen molar-refractivity contribution in [3.63, 3.8) is 0 Å². The molecule has 0 saturated carbocycles. The van der Waals surface area contributed by atoms with Gasteiger partial charge in [0.15, 0.2) is 0 Å². The number of carbonyl (C=O) groups is 2. The van der Waals surface area contributed by atoms with E-state index in [0.29, 0.717) is 25.3 Å². The van der Waals surface area contributed by atoms with Crippen molar-refractivity contribution in [2.45, 2.75) is 20.3 Å². The molecule has 6 heteroatoms. The third kappa shape index (κ3) is 6.02. The first-order valence-electron chi connectivity index (χ1n) is 8.94. The second kappa shape index (κ2) is 10.2. The summed E-state index contributed by atoms with van der Waals surface area (Å²) in [4.78, 5) is 25.7. The first-order chi connectivity index (χ1) is 13.0. The van der Waals surface area contributed by atoms with E-state index < -0.39 is 0 Å². The molecule has 0 unspecified atom stereocenters. The molecule has 0 fully saturated rings. The lowest BCUT2D eigenvalue weighted by atomic mass is 10.1. The van der Waals surface area contributed by atoms with Crippen LogP contribution in [0.4, 0.5) is 5.69 Å². The largest absolute Gasteiger partial charge is 0.496 e. The highest BCUT2D eigenvalue weighted by Gasteiger charge is 2.16. The highest BCUT2D eigenvalue weighted by atomic mass is 16.5. The van der Waals surface area contributed by atoms with Gasteiger partial charge in [-0.3, -0.25) is 9.59 Å². The van der Waals surface area contributed by atoms with Gasteiger partial charge in [-0.15, -0.1) is 0 Å². The van der Waals surface area contributed by atoms with Crippen LogP contribution in [0.5, 0.6) is 11.5 Å². The Balaban J connectivity index is 1.92.